The molecule has 0 radical (unpaired) electrons. The highest BCUT2D eigenvalue weighted by atomic mass is 16.5. The molecule has 0 saturated heterocycles. The van der Waals surface area contributed by atoms with Crippen LogP contribution in [0.2, 0.25) is 0 Å². The lowest BCUT2D eigenvalue weighted by molar-refractivity contribution is 0.168. The summed E-state index contributed by atoms with van der Waals surface area (Å²) in [6.07, 6.45) is 2.50. The second-order valence-electron chi connectivity index (χ2n) is 5.57. The Morgan fingerprint density at radius 3 is 2.68 bits per heavy atom. The summed E-state index contributed by atoms with van der Waals surface area (Å²) >= 11 is 0. The third-order valence-corrected chi connectivity index (χ3v) is 3.64. The van der Waals surface area contributed by atoms with E-state index >= 15 is 0 Å². The van der Waals surface area contributed by atoms with Crippen LogP contribution in [0.4, 0.5) is 27.8 Å². The van der Waals surface area contributed by atoms with Gasteiger partial charge in [0.2, 0.25) is 0 Å². The number of pyridine rings is 1. The van der Waals surface area contributed by atoms with E-state index in [-0.39, 0.29) is 12.4 Å². The first-order valence-corrected chi connectivity index (χ1v) is 8.37. The number of anilines is 4. The number of benzene rings is 1. The van der Waals surface area contributed by atoms with Gasteiger partial charge in [-0.2, -0.15) is 0 Å². The Balaban J connectivity index is 1.85. The Kier molecular flexibility index (Phi) is 6.88. The first-order valence-electron chi connectivity index (χ1n) is 8.37. The molecule has 0 saturated carbocycles. The maximum atomic E-state index is 11.5. The molecule has 2 aromatic rings. The third-order valence-electron chi connectivity index (χ3n) is 3.64. The molecule has 25 heavy (non-hydrogen) atoms. The van der Waals surface area contributed by atoms with E-state index in [0.717, 1.165) is 25.8 Å². The van der Waals surface area contributed by atoms with Gasteiger partial charge >= 0.3 is 6.09 Å². The molecule has 0 aliphatic heterocycles. The van der Waals surface area contributed by atoms with Crippen molar-refractivity contribution < 1.29 is 9.53 Å². The molecule has 0 aliphatic rings. The molecule has 2 rings (SSSR count). The summed E-state index contributed by atoms with van der Waals surface area (Å²) in [6, 6.07) is 12.0. The quantitative estimate of drug-likeness (QED) is 0.547. The summed E-state index contributed by atoms with van der Waals surface area (Å²) in [6.45, 7) is 2.76. The maximum Gasteiger partial charge on any atom is 0.412 e. The summed E-state index contributed by atoms with van der Waals surface area (Å²) in [5.74, 6) is 0.470. The fourth-order valence-corrected chi connectivity index (χ4v) is 2.38. The average Bonchev–Trinajstić information content (AvgIpc) is 2.59. The van der Waals surface area contributed by atoms with E-state index in [4.69, 9.17) is 16.2 Å². The number of carbonyl (C=O) groups excluding carboxylic acids is 1. The molecule has 7 nitrogen and oxygen atoms in total. The van der Waals surface area contributed by atoms with Crippen molar-refractivity contribution >= 4 is 29.1 Å². The van der Waals surface area contributed by atoms with E-state index in [1.54, 1.807) is 13.0 Å². The highest BCUT2D eigenvalue weighted by Gasteiger charge is 2.10. The van der Waals surface area contributed by atoms with Crippen LogP contribution in [0.3, 0.4) is 0 Å². The number of aromatic nitrogens is 1. The van der Waals surface area contributed by atoms with Gasteiger partial charge in [0, 0.05) is 12.6 Å². The molecule has 6 N–H and O–H groups in total. The van der Waals surface area contributed by atoms with Gasteiger partial charge in [0.15, 0.2) is 5.82 Å². The first-order chi connectivity index (χ1) is 12.1. The van der Waals surface area contributed by atoms with Crippen molar-refractivity contribution in [3.8, 4) is 0 Å². The molecule has 0 bridgehead atoms. The number of unbranched alkanes of at least 4 members (excludes halogenated alkanes) is 1. The number of ether oxygens (including phenoxy) is 1. The predicted molar refractivity (Wildman–Crippen MR) is 102 cm³/mol. The van der Waals surface area contributed by atoms with Gasteiger partial charge in [-0.3, -0.25) is 5.32 Å². The molecule has 1 aromatic carbocycles. The molecule has 1 heterocycles. The number of rotatable bonds is 8. The molecule has 0 unspecified atom stereocenters. The minimum absolute atomic E-state index is 0.168. The average molecular weight is 343 g/mol. The number of nitrogens with zero attached hydrogens (tertiary/aromatic N) is 1. The largest absolute Gasteiger partial charge is 0.450 e. The van der Waals surface area contributed by atoms with Crippen molar-refractivity contribution in [1.82, 2.24) is 4.98 Å². The fraction of sp³-hybridized carbons (Fsp3) is 0.333. The van der Waals surface area contributed by atoms with E-state index in [9.17, 15) is 4.79 Å². The fourth-order valence-electron chi connectivity index (χ4n) is 2.38. The number of carbonyl (C=O) groups is 1. The van der Waals surface area contributed by atoms with E-state index in [2.05, 4.69) is 27.8 Å². The van der Waals surface area contributed by atoms with Crippen molar-refractivity contribution in [2.45, 2.75) is 26.2 Å². The number of aryl methyl sites for hydroxylation is 1. The van der Waals surface area contributed by atoms with Gasteiger partial charge in [0.25, 0.3) is 0 Å². The van der Waals surface area contributed by atoms with Crippen LogP contribution in [0.15, 0.2) is 36.4 Å². The molecule has 0 spiro atoms. The van der Waals surface area contributed by atoms with E-state index in [0.29, 0.717) is 17.2 Å². The Morgan fingerprint density at radius 1 is 1.20 bits per heavy atom. The molecule has 0 fully saturated rings. The van der Waals surface area contributed by atoms with Gasteiger partial charge in [0.1, 0.15) is 5.82 Å². The normalized spacial score (nSPS) is 10.3. The van der Waals surface area contributed by atoms with E-state index < -0.39 is 6.09 Å². The Bertz CT molecular complexity index is 691. The molecule has 1 aromatic heterocycles. The topological polar surface area (TPSA) is 115 Å². The van der Waals surface area contributed by atoms with Crippen molar-refractivity contribution in [2.24, 2.45) is 0 Å². The van der Waals surface area contributed by atoms with Crippen LogP contribution in [-0.4, -0.2) is 24.2 Å². The SMILES string of the molecule is CCOC(=O)Nc1cc(NCCCCc2ccccc2)c(N)c(N)n1. The Labute approximate surface area is 147 Å². The van der Waals surface area contributed by atoms with E-state index in [1.807, 2.05) is 18.2 Å². The number of amides is 1. The zero-order chi connectivity index (χ0) is 18.1. The zero-order valence-corrected chi connectivity index (χ0v) is 14.4. The summed E-state index contributed by atoms with van der Waals surface area (Å²) in [5.41, 5.74) is 14.1. The van der Waals surface area contributed by atoms with Crippen molar-refractivity contribution in [3.05, 3.63) is 42.0 Å². The van der Waals surface area contributed by atoms with Gasteiger partial charge in [-0.25, -0.2) is 9.78 Å². The Morgan fingerprint density at radius 2 is 1.96 bits per heavy atom. The van der Waals surface area contributed by atoms with Crippen LogP contribution in [0.5, 0.6) is 0 Å². The van der Waals surface area contributed by atoms with Crippen LogP contribution >= 0.6 is 0 Å². The summed E-state index contributed by atoms with van der Waals surface area (Å²) < 4.78 is 4.83. The number of nitrogen functional groups attached to an aromatic ring is 2. The minimum Gasteiger partial charge on any atom is -0.450 e. The molecular weight excluding hydrogens is 318 g/mol. The molecule has 7 heteroatoms. The van der Waals surface area contributed by atoms with Crippen LogP contribution < -0.4 is 22.1 Å². The molecular formula is C18H25N5O2. The monoisotopic (exact) mass is 343 g/mol. The van der Waals surface area contributed by atoms with E-state index in [1.165, 1.54) is 5.56 Å². The summed E-state index contributed by atoms with van der Waals surface area (Å²) in [7, 11) is 0. The number of nitrogens with two attached hydrogens (primary N) is 2. The smallest absolute Gasteiger partial charge is 0.412 e. The third kappa shape index (κ3) is 5.87. The van der Waals surface area contributed by atoms with Crippen LogP contribution in [-0.2, 0) is 11.2 Å². The number of nitrogens with one attached hydrogen (secondary N) is 2. The molecule has 1 amide bonds. The summed E-state index contributed by atoms with van der Waals surface area (Å²) in [4.78, 5) is 15.5. The van der Waals surface area contributed by atoms with Crippen LogP contribution in [0.1, 0.15) is 25.3 Å². The van der Waals surface area contributed by atoms with Crippen LogP contribution in [0, 0.1) is 0 Å². The van der Waals surface area contributed by atoms with Gasteiger partial charge in [-0.1, -0.05) is 30.3 Å². The first kappa shape index (κ1) is 18.4. The van der Waals surface area contributed by atoms with Crippen molar-refractivity contribution in [3.63, 3.8) is 0 Å². The lowest BCUT2D eigenvalue weighted by Gasteiger charge is -2.13. The second kappa shape index (κ2) is 9.36. The maximum absolute atomic E-state index is 11.5. The lowest BCUT2D eigenvalue weighted by atomic mass is 10.1. The zero-order valence-electron chi connectivity index (χ0n) is 14.4. The molecule has 134 valence electrons. The number of hydrogen-bond acceptors (Lipinski definition) is 6. The van der Waals surface area contributed by atoms with Crippen molar-refractivity contribution in [1.29, 1.82) is 0 Å². The van der Waals surface area contributed by atoms with Crippen molar-refractivity contribution in [2.75, 3.05) is 35.3 Å². The lowest BCUT2D eigenvalue weighted by Crippen LogP contribution is -2.16. The molecule has 0 aliphatic carbocycles. The van der Waals surface area contributed by atoms with Gasteiger partial charge in [-0.05, 0) is 31.7 Å². The number of hydrogen-bond donors (Lipinski definition) is 4. The van der Waals surface area contributed by atoms with Gasteiger partial charge in [-0.15, -0.1) is 0 Å². The standard InChI is InChI=1S/C18H25N5O2/c1-2-25-18(24)23-15-12-14(16(19)17(20)22-15)21-11-7-6-10-13-8-4-3-5-9-13/h3-5,8-9,12H,2,6-7,10-11,19H2,1H3,(H4,20,21,22,23,24). The van der Waals surface area contributed by atoms with Crippen LogP contribution in [0.25, 0.3) is 0 Å². The van der Waals surface area contributed by atoms with Gasteiger partial charge in [0.05, 0.1) is 18.0 Å². The van der Waals surface area contributed by atoms with Gasteiger partial charge < -0.3 is 21.5 Å². The Hall–Kier alpha value is -2.96. The minimum atomic E-state index is -0.576. The summed E-state index contributed by atoms with van der Waals surface area (Å²) in [5, 5.41) is 5.78. The second-order valence-corrected chi connectivity index (χ2v) is 5.57. The molecule has 0 atom stereocenters. The highest BCUT2D eigenvalue weighted by molar-refractivity contribution is 5.87. The predicted octanol–water partition coefficient (Wildman–Crippen LogP) is 3.25. The highest BCUT2D eigenvalue weighted by Crippen LogP contribution is 2.27.